The SMILES string of the molecule is C[C@@H](NC(=O)c1nc(C(C)(C)C)no1)c1ccc(-c2ncnc3c2cc(-c2ccc(N4CCN(C(=O)O)C[C@@H]4C)nc2)n3COCC[Si](C)(C)C)cc1F. The molecule has 286 valence electrons. The van der Waals surface area contributed by atoms with Gasteiger partial charge in [-0.05, 0) is 44.2 Å². The van der Waals surface area contributed by atoms with E-state index in [1.54, 1.807) is 25.3 Å². The van der Waals surface area contributed by atoms with Gasteiger partial charge in [0.05, 0.1) is 17.4 Å². The number of piperazine rings is 1. The van der Waals surface area contributed by atoms with E-state index in [0.29, 0.717) is 54.4 Å². The minimum absolute atomic E-state index is 0.0322. The number of nitrogens with zero attached hydrogens (tertiary/aromatic N) is 8. The van der Waals surface area contributed by atoms with Gasteiger partial charge in [0, 0.05) is 74.0 Å². The van der Waals surface area contributed by atoms with Crippen molar-refractivity contribution in [1.29, 1.82) is 0 Å². The first kappa shape index (κ1) is 38.5. The zero-order chi connectivity index (χ0) is 38.9. The summed E-state index contributed by atoms with van der Waals surface area (Å²) in [4.78, 5) is 46.1. The predicted octanol–water partition coefficient (Wildman–Crippen LogP) is 6.97. The number of fused-ring (bicyclic) bond motifs is 1. The van der Waals surface area contributed by atoms with Crippen LogP contribution < -0.4 is 10.2 Å². The number of anilines is 1. The van der Waals surface area contributed by atoms with E-state index in [-0.39, 0.29) is 24.2 Å². The van der Waals surface area contributed by atoms with E-state index in [4.69, 9.17) is 14.2 Å². The topological polar surface area (TPSA) is 165 Å². The Hall–Kier alpha value is -5.22. The summed E-state index contributed by atoms with van der Waals surface area (Å²) < 4.78 is 29.2. The minimum atomic E-state index is -1.33. The van der Waals surface area contributed by atoms with Crippen LogP contribution in [0.2, 0.25) is 25.7 Å². The average molecular weight is 758 g/mol. The van der Waals surface area contributed by atoms with E-state index in [2.05, 4.69) is 50.0 Å². The summed E-state index contributed by atoms with van der Waals surface area (Å²) in [6, 6.07) is 11.0. The van der Waals surface area contributed by atoms with E-state index < -0.39 is 37.3 Å². The second-order valence-corrected chi connectivity index (χ2v) is 21.7. The van der Waals surface area contributed by atoms with Gasteiger partial charge >= 0.3 is 17.9 Å². The van der Waals surface area contributed by atoms with E-state index in [1.807, 2.05) is 50.5 Å². The number of benzene rings is 1. The number of amides is 2. The fourth-order valence-electron chi connectivity index (χ4n) is 6.36. The van der Waals surface area contributed by atoms with Crippen LogP contribution in [-0.4, -0.2) is 92.0 Å². The van der Waals surface area contributed by atoms with Crippen molar-refractivity contribution in [1.82, 2.24) is 39.9 Å². The Labute approximate surface area is 314 Å². The highest BCUT2D eigenvalue weighted by Crippen LogP contribution is 2.34. The molecule has 0 saturated carbocycles. The Bertz CT molecular complexity index is 2140. The van der Waals surface area contributed by atoms with Crippen LogP contribution in [0.5, 0.6) is 0 Å². The molecule has 5 heterocycles. The molecule has 5 aromatic rings. The monoisotopic (exact) mass is 757 g/mol. The number of nitrogens with one attached hydrogen (secondary N) is 1. The second kappa shape index (κ2) is 15.3. The third-order valence-electron chi connectivity index (χ3n) is 9.52. The lowest BCUT2D eigenvalue weighted by molar-refractivity contribution is 0.0894. The van der Waals surface area contributed by atoms with Gasteiger partial charge in [0.2, 0.25) is 0 Å². The smallest absolute Gasteiger partial charge is 0.407 e. The van der Waals surface area contributed by atoms with Crippen LogP contribution in [0.4, 0.5) is 15.0 Å². The number of pyridine rings is 1. The maximum absolute atomic E-state index is 15.8. The molecule has 14 nitrogen and oxygen atoms in total. The van der Waals surface area contributed by atoms with Crippen molar-refractivity contribution in [2.45, 2.75) is 84.5 Å². The Balaban J connectivity index is 1.29. The molecule has 1 fully saturated rings. The highest BCUT2D eigenvalue weighted by Gasteiger charge is 2.28. The van der Waals surface area contributed by atoms with Crippen LogP contribution in [0.15, 0.2) is 53.4 Å². The minimum Gasteiger partial charge on any atom is -0.465 e. The molecule has 0 radical (unpaired) electrons. The lowest BCUT2D eigenvalue weighted by Crippen LogP contribution is -2.53. The van der Waals surface area contributed by atoms with Crippen molar-refractivity contribution in [2.24, 2.45) is 0 Å². The summed E-state index contributed by atoms with van der Waals surface area (Å²) in [5, 5.41) is 16.8. The van der Waals surface area contributed by atoms with E-state index in [0.717, 1.165) is 23.1 Å². The Morgan fingerprint density at radius 2 is 1.85 bits per heavy atom. The highest BCUT2D eigenvalue weighted by molar-refractivity contribution is 6.76. The molecule has 1 saturated heterocycles. The molecule has 2 N–H and O–H groups in total. The summed E-state index contributed by atoms with van der Waals surface area (Å²) >= 11 is 0. The maximum atomic E-state index is 15.8. The van der Waals surface area contributed by atoms with Crippen molar-refractivity contribution in [3.05, 3.63) is 72.0 Å². The van der Waals surface area contributed by atoms with Crippen LogP contribution >= 0.6 is 0 Å². The van der Waals surface area contributed by atoms with Gasteiger partial charge in [-0.3, -0.25) is 4.79 Å². The average Bonchev–Trinajstić information content (AvgIpc) is 3.76. The summed E-state index contributed by atoms with van der Waals surface area (Å²) in [6.45, 7) is 18.5. The number of ether oxygens (including phenoxy) is 1. The zero-order valence-corrected chi connectivity index (χ0v) is 33.1. The number of rotatable bonds is 11. The number of carboxylic acid groups (broad SMARTS) is 1. The van der Waals surface area contributed by atoms with Gasteiger partial charge < -0.3 is 34.1 Å². The molecule has 2 amide bonds. The molecular weight excluding hydrogens is 710 g/mol. The van der Waals surface area contributed by atoms with Crippen LogP contribution in [0.3, 0.4) is 0 Å². The van der Waals surface area contributed by atoms with Crippen molar-refractivity contribution in [3.63, 3.8) is 0 Å². The van der Waals surface area contributed by atoms with Gasteiger partial charge in [0.1, 0.15) is 30.3 Å². The number of carbonyl (C=O) groups is 2. The molecular formula is C38H48FN9O5Si. The predicted molar refractivity (Wildman–Crippen MR) is 206 cm³/mol. The van der Waals surface area contributed by atoms with Gasteiger partial charge in [-0.15, -0.1) is 0 Å². The second-order valence-electron chi connectivity index (χ2n) is 16.0. The summed E-state index contributed by atoms with van der Waals surface area (Å²) in [7, 11) is -1.33. The number of hydrogen-bond acceptors (Lipinski definition) is 10. The molecule has 1 aliphatic rings. The summed E-state index contributed by atoms with van der Waals surface area (Å²) in [5.41, 5.74) is 3.24. The first-order valence-electron chi connectivity index (χ1n) is 18.1. The van der Waals surface area contributed by atoms with Crippen molar-refractivity contribution < 1.29 is 28.3 Å². The Morgan fingerprint density at radius 1 is 1.09 bits per heavy atom. The lowest BCUT2D eigenvalue weighted by atomic mass is 9.96. The zero-order valence-electron chi connectivity index (χ0n) is 32.1. The molecule has 54 heavy (non-hydrogen) atoms. The van der Waals surface area contributed by atoms with Crippen LogP contribution in [0.1, 0.15) is 62.7 Å². The molecule has 16 heteroatoms. The lowest BCUT2D eigenvalue weighted by Gasteiger charge is -2.39. The number of carbonyl (C=O) groups excluding carboxylic acids is 1. The first-order chi connectivity index (χ1) is 25.5. The van der Waals surface area contributed by atoms with Crippen LogP contribution in [0.25, 0.3) is 33.5 Å². The fraction of sp³-hybridized carbons (Fsp3) is 0.447. The van der Waals surface area contributed by atoms with Crippen molar-refractivity contribution in [2.75, 3.05) is 31.1 Å². The molecule has 0 bridgehead atoms. The van der Waals surface area contributed by atoms with Crippen molar-refractivity contribution in [3.8, 4) is 22.5 Å². The van der Waals surface area contributed by atoms with Gasteiger partial charge in [-0.25, -0.2) is 24.1 Å². The quantitative estimate of drug-likeness (QED) is 0.106. The molecule has 2 atom stereocenters. The molecule has 1 aromatic carbocycles. The van der Waals surface area contributed by atoms with Gasteiger partial charge in [0.25, 0.3) is 0 Å². The summed E-state index contributed by atoms with van der Waals surface area (Å²) in [6.07, 6.45) is 2.35. The molecule has 0 aliphatic carbocycles. The first-order valence-corrected chi connectivity index (χ1v) is 21.8. The number of aromatic nitrogens is 6. The standard InChI is InChI=1S/C38H48FN9O5Si/c1-23-20-46(37(50)51)13-14-47(23)31-12-10-26(19-40-31)30-18-28-32(41-21-42-33(28)48(30)22-52-15-16-54(6,7)8)25-9-11-27(29(39)17-25)24(2)43-34(49)35-44-36(45-53-35)38(3,4)5/h9-12,17-19,21,23-24H,13-16,20,22H2,1-8H3,(H,43,49)(H,50,51)/t23-,24+/m0/s1. The van der Waals surface area contributed by atoms with Crippen LogP contribution in [0, 0.1) is 5.82 Å². The van der Waals surface area contributed by atoms with Gasteiger partial charge in [0.15, 0.2) is 5.82 Å². The van der Waals surface area contributed by atoms with E-state index in [1.165, 1.54) is 17.3 Å². The highest BCUT2D eigenvalue weighted by atomic mass is 28.3. The largest absolute Gasteiger partial charge is 0.465 e. The van der Waals surface area contributed by atoms with Gasteiger partial charge in [-0.2, -0.15) is 4.98 Å². The normalized spacial score (nSPS) is 15.8. The maximum Gasteiger partial charge on any atom is 0.407 e. The summed E-state index contributed by atoms with van der Waals surface area (Å²) in [5.74, 6) is -0.127. The molecule has 4 aromatic heterocycles. The number of halogens is 1. The Morgan fingerprint density at radius 3 is 2.48 bits per heavy atom. The van der Waals surface area contributed by atoms with E-state index in [9.17, 15) is 14.7 Å². The third kappa shape index (κ3) is 8.44. The van der Waals surface area contributed by atoms with Gasteiger partial charge in [-0.1, -0.05) is 57.7 Å². The van der Waals surface area contributed by atoms with Crippen molar-refractivity contribution >= 4 is 36.9 Å². The van der Waals surface area contributed by atoms with Crippen LogP contribution in [-0.2, 0) is 16.9 Å². The van der Waals surface area contributed by atoms with E-state index >= 15 is 4.39 Å². The molecule has 1 aliphatic heterocycles. The molecule has 0 unspecified atom stereocenters. The molecule has 0 spiro atoms. The fourth-order valence-corrected chi connectivity index (χ4v) is 7.12. The third-order valence-corrected chi connectivity index (χ3v) is 11.2. The Kier molecular flexibility index (Phi) is 10.9. The molecule has 6 rings (SSSR count). The number of hydrogen-bond donors (Lipinski definition) is 2.